The van der Waals surface area contributed by atoms with Crippen molar-refractivity contribution in [1.29, 1.82) is 0 Å². The van der Waals surface area contributed by atoms with Crippen molar-refractivity contribution in [2.75, 3.05) is 40.5 Å². The van der Waals surface area contributed by atoms with Gasteiger partial charge in [0.1, 0.15) is 23.0 Å². The molecule has 0 aliphatic carbocycles. The summed E-state index contributed by atoms with van der Waals surface area (Å²) in [4.78, 5) is 14.8. The Morgan fingerprint density at radius 1 is 1.11 bits per heavy atom. The largest absolute Gasteiger partial charge is 0.507 e. The molecule has 1 aromatic heterocycles. The lowest BCUT2D eigenvalue weighted by Crippen LogP contribution is -2.30. The molecule has 2 aromatic rings. The lowest BCUT2D eigenvalue weighted by molar-refractivity contribution is 0.101. The Balaban J connectivity index is 1.87. The van der Waals surface area contributed by atoms with Gasteiger partial charge in [-0.3, -0.25) is 9.69 Å². The van der Waals surface area contributed by atoms with Gasteiger partial charge in [-0.05, 0) is 31.2 Å². The maximum absolute atomic E-state index is 12.7. The van der Waals surface area contributed by atoms with Gasteiger partial charge in [0.05, 0.1) is 24.3 Å². The van der Waals surface area contributed by atoms with Gasteiger partial charge < -0.3 is 23.7 Å². The van der Waals surface area contributed by atoms with Crippen molar-refractivity contribution in [3.63, 3.8) is 0 Å². The summed E-state index contributed by atoms with van der Waals surface area (Å²) in [7, 11) is 3.28. The summed E-state index contributed by atoms with van der Waals surface area (Å²) >= 11 is 0. The molecule has 0 saturated carbocycles. The van der Waals surface area contributed by atoms with Crippen molar-refractivity contribution in [3.8, 4) is 11.5 Å². The second-order valence-electron chi connectivity index (χ2n) is 6.59. The number of phenols is 1. The molecule has 0 radical (unpaired) electrons. The number of aryl methyl sites for hydroxylation is 1. The first-order chi connectivity index (χ1) is 13.5. The number of ketones is 1. The Labute approximate surface area is 164 Å². The van der Waals surface area contributed by atoms with Crippen LogP contribution in [0.25, 0.3) is 6.08 Å². The van der Waals surface area contributed by atoms with Gasteiger partial charge in [-0.1, -0.05) is 0 Å². The van der Waals surface area contributed by atoms with E-state index in [-0.39, 0.29) is 17.3 Å². The second kappa shape index (κ2) is 9.05. The number of fused-ring (bicyclic) bond motifs is 1. The zero-order valence-electron chi connectivity index (χ0n) is 16.4. The minimum absolute atomic E-state index is 0.0847. The monoisotopic (exact) mass is 387 g/mol. The smallest absolute Gasteiger partial charge is 0.232 e. The Morgan fingerprint density at radius 2 is 1.82 bits per heavy atom. The van der Waals surface area contributed by atoms with Gasteiger partial charge in [-0.2, -0.15) is 0 Å². The third-order valence-corrected chi connectivity index (χ3v) is 4.56. The predicted octanol–water partition coefficient (Wildman–Crippen LogP) is 3.00. The Kier molecular flexibility index (Phi) is 6.51. The number of hydrogen-bond donors (Lipinski definition) is 1. The van der Waals surface area contributed by atoms with Crippen molar-refractivity contribution in [1.82, 2.24) is 4.90 Å². The summed E-state index contributed by atoms with van der Waals surface area (Å²) in [6.07, 6.45) is 1.57. The normalized spacial score (nSPS) is 14.7. The summed E-state index contributed by atoms with van der Waals surface area (Å²) in [6.45, 7) is 4.64. The predicted molar refractivity (Wildman–Crippen MR) is 104 cm³/mol. The number of nitrogens with zero attached hydrogens (tertiary/aromatic N) is 1. The molecule has 0 bridgehead atoms. The van der Waals surface area contributed by atoms with Crippen molar-refractivity contribution in [2.24, 2.45) is 0 Å². The van der Waals surface area contributed by atoms with E-state index in [1.54, 1.807) is 32.4 Å². The van der Waals surface area contributed by atoms with Gasteiger partial charge in [-0.25, -0.2) is 0 Å². The molecule has 0 atom stereocenters. The highest BCUT2D eigenvalue weighted by atomic mass is 16.5. The van der Waals surface area contributed by atoms with Gasteiger partial charge in [0.2, 0.25) is 5.78 Å². The lowest BCUT2D eigenvalue weighted by Gasteiger charge is -2.23. The minimum atomic E-state index is -0.231. The number of benzene rings is 1. The van der Waals surface area contributed by atoms with Crippen LogP contribution in [0.5, 0.6) is 11.5 Å². The molecule has 0 saturated heterocycles. The van der Waals surface area contributed by atoms with E-state index < -0.39 is 0 Å². The van der Waals surface area contributed by atoms with Crippen LogP contribution in [-0.4, -0.2) is 56.3 Å². The van der Waals surface area contributed by atoms with Crippen molar-refractivity contribution >= 4 is 11.9 Å². The summed E-state index contributed by atoms with van der Waals surface area (Å²) in [5, 5.41) is 10.4. The third-order valence-electron chi connectivity index (χ3n) is 4.56. The molecule has 2 heterocycles. The summed E-state index contributed by atoms with van der Waals surface area (Å²) in [6, 6.07) is 6.71. The van der Waals surface area contributed by atoms with Crippen LogP contribution in [0.3, 0.4) is 0 Å². The fourth-order valence-corrected chi connectivity index (χ4v) is 3.04. The van der Waals surface area contributed by atoms with E-state index in [4.69, 9.17) is 18.6 Å². The van der Waals surface area contributed by atoms with Crippen molar-refractivity contribution in [3.05, 3.63) is 52.7 Å². The number of aromatic hydroxyl groups is 1. The highest BCUT2D eigenvalue weighted by Gasteiger charge is 2.32. The number of methoxy groups -OCH3 is 2. The van der Waals surface area contributed by atoms with Crippen molar-refractivity contribution in [2.45, 2.75) is 13.5 Å². The molecule has 7 nitrogen and oxygen atoms in total. The van der Waals surface area contributed by atoms with E-state index in [9.17, 15) is 9.90 Å². The molecule has 1 N–H and O–H groups in total. The van der Waals surface area contributed by atoms with Gasteiger partial charge in [0.25, 0.3) is 0 Å². The zero-order valence-corrected chi connectivity index (χ0v) is 16.4. The molecule has 0 unspecified atom stereocenters. The molecule has 28 heavy (non-hydrogen) atoms. The van der Waals surface area contributed by atoms with Crippen LogP contribution < -0.4 is 4.74 Å². The molecule has 150 valence electrons. The quantitative estimate of drug-likeness (QED) is 0.663. The number of carbonyl (C=O) groups is 1. The van der Waals surface area contributed by atoms with Gasteiger partial charge in [-0.15, -0.1) is 0 Å². The average molecular weight is 387 g/mol. The number of hydrogen-bond acceptors (Lipinski definition) is 7. The van der Waals surface area contributed by atoms with E-state index in [0.717, 1.165) is 5.76 Å². The van der Waals surface area contributed by atoms with Crippen LogP contribution in [-0.2, 0) is 16.0 Å². The number of phenolic OH excluding ortho intramolecular Hbond substituents is 1. The summed E-state index contributed by atoms with van der Waals surface area (Å²) < 4.78 is 21.7. The van der Waals surface area contributed by atoms with E-state index in [2.05, 4.69) is 4.90 Å². The Bertz CT molecular complexity index is 862. The summed E-state index contributed by atoms with van der Waals surface area (Å²) in [5.74, 6) is 1.71. The van der Waals surface area contributed by atoms with E-state index in [0.29, 0.717) is 55.5 Å². The molecular weight excluding hydrogens is 362 g/mol. The van der Waals surface area contributed by atoms with Gasteiger partial charge >= 0.3 is 0 Å². The number of rotatable bonds is 9. The first-order valence-corrected chi connectivity index (χ1v) is 9.09. The Morgan fingerprint density at radius 3 is 2.43 bits per heavy atom. The molecule has 3 rings (SSSR count). The maximum Gasteiger partial charge on any atom is 0.232 e. The molecule has 1 aliphatic rings. The van der Waals surface area contributed by atoms with Crippen LogP contribution in [0.4, 0.5) is 0 Å². The third kappa shape index (κ3) is 4.44. The summed E-state index contributed by atoms with van der Waals surface area (Å²) in [5.41, 5.74) is 0.998. The Hall–Kier alpha value is -2.61. The molecule has 7 heteroatoms. The number of Topliss-reactive ketones (excluding diaryl/α,β-unsaturated/α-hetero) is 1. The van der Waals surface area contributed by atoms with Crippen LogP contribution in [0.2, 0.25) is 0 Å². The highest BCUT2D eigenvalue weighted by molar-refractivity contribution is 6.14. The minimum Gasteiger partial charge on any atom is -0.507 e. The molecule has 0 amide bonds. The first-order valence-electron chi connectivity index (χ1n) is 9.09. The van der Waals surface area contributed by atoms with Crippen LogP contribution in [0, 0.1) is 6.92 Å². The fourth-order valence-electron chi connectivity index (χ4n) is 3.04. The lowest BCUT2D eigenvalue weighted by atomic mass is 10.0. The SMILES string of the molecule is COCCN(CCOC)Cc1c(O)ccc2c1O/C(=C/c1ccc(C)o1)C2=O. The molecule has 0 fully saturated rings. The van der Waals surface area contributed by atoms with E-state index >= 15 is 0 Å². The fraction of sp³-hybridized carbons (Fsp3) is 0.381. The number of ether oxygens (including phenoxy) is 3. The molecular formula is C21H25NO6. The molecule has 0 spiro atoms. The zero-order chi connectivity index (χ0) is 20.1. The molecule has 1 aromatic carbocycles. The van der Waals surface area contributed by atoms with E-state index in [1.165, 1.54) is 6.07 Å². The van der Waals surface area contributed by atoms with Gasteiger partial charge in [0.15, 0.2) is 5.76 Å². The number of furan rings is 1. The average Bonchev–Trinajstić information content (AvgIpc) is 3.23. The van der Waals surface area contributed by atoms with Crippen LogP contribution in [0.15, 0.2) is 34.4 Å². The number of allylic oxidation sites excluding steroid dienone is 1. The molecule has 1 aliphatic heterocycles. The highest BCUT2D eigenvalue weighted by Crippen LogP contribution is 2.40. The maximum atomic E-state index is 12.7. The van der Waals surface area contributed by atoms with Crippen LogP contribution >= 0.6 is 0 Å². The van der Waals surface area contributed by atoms with Gasteiger partial charge in [0, 0.05) is 39.9 Å². The first kappa shape index (κ1) is 20.1. The van der Waals surface area contributed by atoms with Crippen molar-refractivity contribution < 1.29 is 28.5 Å². The van der Waals surface area contributed by atoms with Crippen LogP contribution in [0.1, 0.15) is 27.4 Å². The standard InChI is InChI=1S/C21H25NO6/c1-14-4-5-15(27-14)12-19-20(24)16-6-7-18(23)17(21(16)28-19)13-22(8-10-25-2)9-11-26-3/h4-7,12,23H,8-11,13H2,1-3H3/b19-12+. The van der Waals surface area contributed by atoms with E-state index in [1.807, 2.05) is 13.0 Å². The second-order valence-corrected chi connectivity index (χ2v) is 6.59. The topological polar surface area (TPSA) is 81.4 Å². The number of carbonyl (C=O) groups excluding carboxylic acids is 1.